The number of nitrogens with one attached hydrogen (secondary N) is 2. The van der Waals surface area contributed by atoms with E-state index in [9.17, 15) is 4.79 Å². The molecule has 24 heavy (non-hydrogen) atoms. The van der Waals surface area contributed by atoms with Gasteiger partial charge in [0.2, 0.25) is 0 Å². The summed E-state index contributed by atoms with van der Waals surface area (Å²) in [5.74, 6) is 0. The highest BCUT2D eigenvalue weighted by atomic mass is 35.5. The molecule has 0 saturated heterocycles. The van der Waals surface area contributed by atoms with E-state index in [1.165, 1.54) is 0 Å². The van der Waals surface area contributed by atoms with E-state index in [-0.39, 0.29) is 12.1 Å². The summed E-state index contributed by atoms with van der Waals surface area (Å²) in [6.45, 7) is 2.31. The lowest BCUT2D eigenvalue weighted by Crippen LogP contribution is -2.49. The number of benzene rings is 2. The largest absolute Gasteiger partial charge is 0.445 e. The van der Waals surface area contributed by atoms with Gasteiger partial charge in [-0.2, -0.15) is 0 Å². The molecule has 1 aliphatic carbocycles. The molecule has 0 spiro atoms. The zero-order valence-electron chi connectivity index (χ0n) is 13.6. The van der Waals surface area contributed by atoms with Gasteiger partial charge in [0.05, 0.1) is 10.7 Å². The molecule has 5 heteroatoms. The molecule has 0 aromatic heterocycles. The number of alkyl carbamates (subject to hydrolysis) is 1. The minimum Gasteiger partial charge on any atom is -0.445 e. The van der Waals surface area contributed by atoms with Crippen LogP contribution in [0.1, 0.15) is 24.0 Å². The quantitative estimate of drug-likeness (QED) is 0.838. The Hall–Kier alpha value is -2.20. The SMILES string of the molecule is Cc1ccc(NC2CC(NC(=O)OCc3ccccc3)C2)c(Cl)c1. The first kappa shape index (κ1) is 16.7. The fourth-order valence-electron chi connectivity index (χ4n) is 2.74. The van der Waals surface area contributed by atoms with E-state index in [1.807, 2.05) is 55.5 Å². The van der Waals surface area contributed by atoms with Gasteiger partial charge < -0.3 is 15.4 Å². The first-order valence-electron chi connectivity index (χ1n) is 8.10. The summed E-state index contributed by atoms with van der Waals surface area (Å²) in [7, 11) is 0. The summed E-state index contributed by atoms with van der Waals surface area (Å²) in [6, 6.07) is 16.1. The minimum atomic E-state index is -0.365. The molecule has 0 radical (unpaired) electrons. The Labute approximate surface area is 147 Å². The average Bonchev–Trinajstić information content (AvgIpc) is 2.54. The van der Waals surface area contributed by atoms with E-state index in [0.29, 0.717) is 12.6 Å². The molecule has 2 N–H and O–H groups in total. The van der Waals surface area contributed by atoms with Gasteiger partial charge in [-0.15, -0.1) is 0 Å². The number of amides is 1. The molecule has 0 atom stereocenters. The number of carbonyl (C=O) groups excluding carboxylic acids is 1. The van der Waals surface area contributed by atoms with Gasteiger partial charge in [-0.25, -0.2) is 4.79 Å². The summed E-state index contributed by atoms with van der Waals surface area (Å²) in [4.78, 5) is 11.8. The van der Waals surface area contributed by atoms with Gasteiger partial charge in [0, 0.05) is 12.1 Å². The third kappa shape index (κ3) is 4.42. The molecular weight excluding hydrogens is 324 g/mol. The highest BCUT2D eigenvalue weighted by Crippen LogP contribution is 2.29. The van der Waals surface area contributed by atoms with Crippen molar-refractivity contribution in [3.05, 3.63) is 64.7 Å². The van der Waals surface area contributed by atoms with E-state index in [1.54, 1.807) is 0 Å². The minimum absolute atomic E-state index is 0.148. The van der Waals surface area contributed by atoms with E-state index in [0.717, 1.165) is 34.7 Å². The van der Waals surface area contributed by atoms with Gasteiger partial charge in [-0.3, -0.25) is 0 Å². The molecule has 0 bridgehead atoms. The van der Waals surface area contributed by atoms with E-state index >= 15 is 0 Å². The first-order valence-corrected chi connectivity index (χ1v) is 8.48. The lowest BCUT2D eigenvalue weighted by molar-refractivity contribution is 0.129. The maximum Gasteiger partial charge on any atom is 0.407 e. The van der Waals surface area contributed by atoms with Gasteiger partial charge in [-0.1, -0.05) is 48.0 Å². The topological polar surface area (TPSA) is 50.4 Å². The van der Waals surface area contributed by atoms with Crippen molar-refractivity contribution in [2.45, 2.75) is 38.5 Å². The van der Waals surface area contributed by atoms with Gasteiger partial charge in [0.15, 0.2) is 0 Å². The number of hydrogen-bond acceptors (Lipinski definition) is 3. The average molecular weight is 345 g/mol. The highest BCUT2D eigenvalue weighted by Gasteiger charge is 2.30. The molecule has 3 rings (SSSR count). The van der Waals surface area contributed by atoms with Crippen molar-refractivity contribution in [2.75, 3.05) is 5.32 Å². The Morgan fingerprint density at radius 3 is 2.62 bits per heavy atom. The van der Waals surface area contributed by atoms with Crippen LogP contribution < -0.4 is 10.6 Å². The zero-order chi connectivity index (χ0) is 16.9. The van der Waals surface area contributed by atoms with Crippen LogP contribution in [-0.4, -0.2) is 18.2 Å². The van der Waals surface area contributed by atoms with Gasteiger partial charge in [0.1, 0.15) is 6.61 Å². The van der Waals surface area contributed by atoms with Crippen molar-refractivity contribution >= 4 is 23.4 Å². The molecule has 1 saturated carbocycles. The second kappa shape index (κ2) is 7.58. The summed E-state index contributed by atoms with van der Waals surface area (Å²) in [5, 5.41) is 7.03. The van der Waals surface area contributed by atoms with Crippen molar-refractivity contribution in [3.63, 3.8) is 0 Å². The summed E-state index contributed by atoms with van der Waals surface area (Å²) in [6.07, 6.45) is 1.37. The maximum absolute atomic E-state index is 11.8. The molecule has 0 heterocycles. The molecule has 1 aliphatic rings. The third-order valence-electron chi connectivity index (χ3n) is 4.16. The predicted octanol–water partition coefficient (Wildman–Crippen LogP) is 4.52. The van der Waals surface area contributed by atoms with Crippen LogP contribution in [0.25, 0.3) is 0 Å². The fraction of sp³-hybridized carbons (Fsp3) is 0.316. The lowest BCUT2D eigenvalue weighted by Gasteiger charge is -2.36. The number of ether oxygens (including phenoxy) is 1. The monoisotopic (exact) mass is 344 g/mol. The Kier molecular flexibility index (Phi) is 5.26. The van der Waals surface area contributed by atoms with Crippen molar-refractivity contribution < 1.29 is 9.53 Å². The lowest BCUT2D eigenvalue weighted by atomic mass is 9.86. The Morgan fingerprint density at radius 2 is 1.92 bits per heavy atom. The molecule has 2 aromatic carbocycles. The summed E-state index contributed by atoms with van der Waals surface area (Å²) >= 11 is 6.22. The molecule has 126 valence electrons. The number of aryl methyl sites for hydroxylation is 1. The number of hydrogen-bond donors (Lipinski definition) is 2. The molecule has 0 unspecified atom stereocenters. The number of halogens is 1. The molecule has 1 fully saturated rings. The first-order chi connectivity index (χ1) is 11.6. The fourth-order valence-corrected chi connectivity index (χ4v) is 3.03. The van der Waals surface area contributed by atoms with Crippen LogP contribution in [-0.2, 0) is 11.3 Å². The van der Waals surface area contributed by atoms with E-state index in [4.69, 9.17) is 16.3 Å². The molecule has 2 aromatic rings. The number of carbonyl (C=O) groups is 1. The van der Waals surface area contributed by atoms with Crippen molar-refractivity contribution in [1.29, 1.82) is 0 Å². The van der Waals surface area contributed by atoms with Crippen LogP contribution in [0.4, 0.5) is 10.5 Å². The normalized spacial score (nSPS) is 19.2. The maximum atomic E-state index is 11.8. The smallest absolute Gasteiger partial charge is 0.407 e. The molecule has 4 nitrogen and oxygen atoms in total. The second-order valence-corrected chi connectivity index (χ2v) is 6.61. The third-order valence-corrected chi connectivity index (χ3v) is 4.47. The van der Waals surface area contributed by atoms with Gasteiger partial charge >= 0.3 is 6.09 Å². The van der Waals surface area contributed by atoms with Crippen molar-refractivity contribution in [1.82, 2.24) is 5.32 Å². The van der Waals surface area contributed by atoms with Crippen LogP contribution in [0.5, 0.6) is 0 Å². The van der Waals surface area contributed by atoms with Crippen LogP contribution in [0.2, 0.25) is 5.02 Å². The Morgan fingerprint density at radius 1 is 1.17 bits per heavy atom. The summed E-state index contributed by atoms with van der Waals surface area (Å²) in [5.41, 5.74) is 3.06. The second-order valence-electron chi connectivity index (χ2n) is 6.20. The summed E-state index contributed by atoms with van der Waals surface area (Å²) < 4.78 is 5.23. The molecule has 0 aliphatic heterocycles. The number of anilines is 1. The predicted molar refractivity (Wildman–Crippen MR) is 96.4 cm³/mol. The highest BCUT2D eigenvalue weighted by molar-refractivity contribution is 6.33. The number of rotatable bonds is 5. The zero-order valence-corrected chi connectivity index (χ0v) is 14.3. The van der Waals surface area contributed by atoms with E-state index < -0.39 is 0 Å². The van der Waals surface area contributed by atoms with Crippen LogP contribution >= 0.6 is 11.6 Å². The van der Waals surface area contributed by atoms with Crippen molar-refractivity contribution in [2.24, 2.45) is 0 Å². The van der Waals surface area contributed by atoms with Gasteiger partial charge in [0.25, 0.3) is 0 Å². The van der Waals surface area contributed by atoms with Crippen LogP contribution in [0.3, 0.4) is 0 Å². The van der Waals surface area contributed by atoms with Crippen molar-refractivity contribution in [3.8, 4) is 0 Å². The van der Waals surface area contributed by atoms with Crippen LogP contribution in [0, 0.1) is 6.92 Å². The molecule has 1 amide bonds. The van der Waals surface area contributed by atoms with E-state index in [2.05, 4.69) is 10.6 Å². The van der Waals surface area contributed by atoms with Gasteiger partial charge in [-0.05, 0) is 43.0 Å². The Balaban J connectivity index is 1.38. The van der Waals surface area contributed by atoms with Crippen LogP contribution in [0.15, 0.2) is 48.5 Å². The Bertz CT molecular complexity index is 700. The standard InChI is InChI=1S/C19H21ClN2O2/c1-13-7-8-18(17(20)9-13)21-15-10-16(11-15)22-19(23)24-12-14-5-3-2-4-6-14/h2-9,15-16,21H,10-12H2,1H3,(H,22,23). The molecular formula is C19H21ClN2O2.